The Labute approximate surface area is 416 Å². The van der Waals surface area contributed by atoms with Gasteiger partial charge >= 0.3 is 12.2 Å². The quantitative estimate of drug-likeness (QED) is 0.131. The van der Waals surface area contributed by atoms with Crippen molar-refractivity contribution in [3.05, 3.63) is 164 Å². The number of likely N-dealkylation sites (tertiary alicyclic amines) is 2. The molecule has 0 aliphatic carbocycles. The van der Waals surface area contributed by atoms with E-state index in [2.05, 4.69) is 47.5 Å². The lowest BCUT2D eigenvalue weighted by molar-refractivity contribution is 0.0288. The molecule has 2 fully saturated rings. The van der Waals surface area contributed by atoms with Crippen LogP contribution in [-0.4, -0.2) is 76.0 Å². The molecule has 0 bridgehead atoms. The van der Waals surface area contributed by atoms with E-state index in [1.807, 2.05) is 169 Å². The Hall–Kier alpha value is -4.62. The minimum Gasteiger partial charge on any atom is -0.445 e. The summed E-state index contributed by atoms with van der Waals surface area (Å²) < 4.78 is 43.4. The van der Waals surface area contributed by atoms with Crippen LogP contribution in [0.25, 0.3) is 10.4 Å². The summed E-state index contributed by atoms with van der Waals surface area (Å²) in [7, 11) is -2.56. The van der Waals surface area contributed by atoms with Crippen LogP contribution in [-0.2, 0) is 55.7 Å². The third kappa shape index (κ3) is 14.0. The fourth-order valence-electron chi connectivity index (χ4n) is 6.92. The molecule has 8 rings (SSSR count). The number of carbonyl (C=O) groups excluding carboxylic acids is 2. The molecule has 0 saturated carbocycles. The average molecular weight is 1050 g/mol. The van der Waals surface area contributed by atoms with E-state index in [0.717, 1.165) is 48.6 Å². The number of benzene rings is 4. The summed E-state index contributed by atoms with van der Waals surface area (Å²) >= 11 is 6.69. The summed E-state index contributed by atoms with van der Waals surface area (Å²) in [4.78, 5) is 37.8. The maximum absolute atomic E-state index is 13.0. The minimum absolute atomic E-state index is 0.230. The van der Waals surface area contributed by atoms with Crippen LogP contribution in [0.5, 0.6) is 0 Å². The van der Waals surface area contributed by atoms with Crippen molar-refractivity contribution in [2.24, 2.45) is 0 Å². The van der Waals surface area contributed by atoms with Crippen LogP contribution in [0.15, 0.2) is 130 Å². The lowest BCUT2D eigenvalue weighted by Crippen LogP contribution is -2.69. The number of nitrogens with one attached hydrogen (secondary N) is 2. The number of aromatic nitrogens is 2. The highest BCUT2D eigenvalue weighted by Gasteiger charge is 2.50. The minimum atomic E-state index is -1.29. The first-order valence-corrected chi connectivity index (χ1v) is 26.6. The third-order valence-electron chi connectivity index (χ3n) is 10.9. The number of aryl methyl sites for hydroxylation is 2. The Kier molecular flexibility index (Phi) is 17.5. The number of halogens is 1. The molecule has 0 radical (unpaired) electrons. The van der Waals surface area contributed by atoms with Crippen LogP contribution < -0.4 is 9.44 Å². The number of rotatable bonds is 11. The standard InChI is InChI=1S/C25H29N3O3S2.C21H25BrN2O3S.C4H5NS/c1-18-22(32-17-26-18)20-10-12-21(13-11-20)25(27-33(30)24(2,3)4)15-28(16-25)23(29)31-14-19-8-6-5-7-9-19;1-20(2,3)28(26)23-21(17-9-11-18(22)12-10-17)14-24(15-21)19(25)27-13-16-7-5-4-6-8-16;1-4-2-6-3-5-4/h5-13,17,27H,14-16H2,1-4H3;4-12,23H,13-15H2,1-3H3;2-3H,1H3. The van der Waals surface area contributed by atoms with Crippen LogP contribution in [0.2, 0.25) is 0 Å². The van der Waals surface area contributed by atoms with Crippen LogP contribution in [0, 0.1) is 13.8 Å². The molecule has 2 amide bonds. The van der Waals surface area contributed by atoms with Crippen LogP contribution in [0.4, 0.5) is 9.59 Å². The third-order valence-corrected chi connectivity index (χ3v) is 16.4. The fourth-order valence-corrected chi connectivity index (χ4v) is 10.4. The molecule has 2 N–H and O–H groups in total. The summed E-state index contributed by atoms with van der Waals surface area (Å²) in [6.45, 7) is 17.6. The predicted molar refractivity (Wildman–Crippen MR) is 275 cm³/mol. The van der Waals surface area contributed by atoms with Crippen molar-refractivity contribution in [1.29, 1.82) is 0 Å². The molecule has 2 aromatic heterocycles. The summed E-state index contributed by atoms with van der Waals surface area (Å²) in [5.41, 5.74) is 9.64. The van der Waals surface area contributed by atoms with E-state index >= 15 is 0 Å². The average Bonchev–Trinajstić information content (AvgIpc) is 3.95. The van der Waals surface area contributed by atoms with Gasteiger partial charge in [0, 0.05) is 41.7 Å². The number of hydrogen-bond donors (Lipinski definition) is 2. The van der Waals surface area contributed by atoms with Crippen molar-refractivity contribution >= 4 is 72.8 Å². The molecule has 0 spiro atoms. The Morgan fingerprint density at radius 3 is 1.43 bits per heavy atom. The normalized spacial score (nSPS) is 15.8. The van der Waals surface area contributed by atoms with Crippen LogP contribution >= 0.6 is 38.6 Å². The van der Waals surface area contributed by atoms with Gasteiger partial charge in [0.15, 0.2) is 0 Å². The summed E-state index contributed by atoms with van der Waals surface area (Å²) in [5, 5.41) is 2.01. The molecule has 356 valence electrons. The molecule has 17 heteroatoms. The lowest BCUT2D eigenvalue weighted by Gasteiger charge is -2.50. The molecule has 2 unspecified atom stereocenters. The second-order valence-corrected chi connectivity index (χ2v) is 24.8. The highest BCUT2D eigenvalue weighted by Crippen LogP contribution is 2.37. The first kappa shape index (κ1) is 51.8. The number of ether oxygens (including phenoxy) is 2. The molecule has 2 saturated heterocycles. The molecule has 4 aromatic carbocycles. The summed E-state index contributed by atoms with van der Waals surface area (Å²) in [6, 6.07) is 35.3. The van der Waals surface area contributed by atoms with Gasteiger partial charge in [-0.15, -0.1) is 22.7 Å². The first-order chi connectivity index (χ1) is 31.8. The largest absolute Gasteiger partial charge is 0.445 e. The highest BCUT2D eigenvalue weighted by molar-refractivity contribution is 9.10. The molecule has 2 aliphatic rings. The van der Waals surface area contributed by atoms with Gasteiger partial charge in [-0.05, 0) is 95.3 Å². The fraction of sp³-hybridized carbons (Fsp3) is 0.360. The molecule has 12 nitrogen and oxygen atoms in total. The van der Waals surface area contributed by atoms with Gasteiger partial charge in [0.05, 0.1) is 64.1 Å². The summed E-state index contributed by atoms with van der Waals surface area (Å²) in [6.07, 6.45) is -0.727. The zero-order valence-electron chi connectivity index (χ0n) is 39.1. The number of hydrogen-bond acceptors (Lipinski definition) is 10. The molecule has 67 heavy (non-hydrogen) atoms. The van der Waals surface area contributed by atoms with Gasteiger partial charge in [-0.1, -0.05) is 113 Å². The van der Waals surface area contributed by atoms with Gasteiger partial charge in [0.2, 0.25) is 0 Å². The van der Waals surface area contributed by atoms with Gasteiger partial charge < -0.3 is 19.3 Å². The molecule has 2 atom stereocenters. The van der Waals surface area contributed by atoms with Gasteiger partial charge in [-0.25, -0.2) is 32.4 Å². The number of amides is 2. The Balaban J connectivity index is 0.000000198. The van der Waals surface area contributed by atoms with E-state index in [-0.39, 0.29) is 25.4 Å². The van der Waals surface area contributed by atoms with E-state index in [4.69, 9.17) is 9.47 Å². The smallest absolute Gasteiger partial charge is 0.410 e. The second-order valence-electron chi connectivity index (χ2n) is 18.4. The van der Waals surface area contributed by atoms with Crippen molar-refractivity contribution in [1.82, 2.24) is 29.2 Å². The van der Waals surface area contributed by atoms with E-state index in [1.54, 1.807) is 32.5 Å². The number of nitrogens with zero attached hydrogens (tertiary/aromatic N) is 4. The van der Waals surface area contributed by atoms with Gasteiger partial charge in [0.1, 0.15) is 13.2 Å². The van der Waals surface area contributed by atoms with Crippen LogP contribution in [0.3, 0.4) is 0 Å². The topological polar surface area (TPSA) is 143 Å². The van der Waals surface area contributed by atoms with Crippen molar-refractivity contribution in [2.45, 2.75) is 89.2 Å². The summed E-state index contributed by atoms with van der Waals surface area (Å²) in [5.74, 6) is 0. The Bertz CT molecular complexity index is 2570. The number of thiazole rings is 2. The molecule has 2 aliphatic heterocycles. The van der Waals surface area contributed by atoms with E-state index in [9.17, 15) is 18.0 Å². The second kappa shape index (κ2) is 22.7. The molecule has 6 aromatic rings. The Morgan fingerprint density at radius 2 is 1.09 bits per heavy atom. The number of carbonyl (C=O) groups is 2. The lowest BCUT2D eigenvalue weighted by atomic mass is 9.83. The maximum atomic E-state index is 13.0. The maximum Gasteiger partial charge on any atom is 0.410 e. The zero-order valence-corrected chi connectivity index (χ0v) is 44.0. The van der Waals surface area contributed by atoms with E-state index in [1.165, 1.54) is 0 Å². The van der Waals surface area contributed by atoms with Crippen molar-refractivity contribution < 1.29 is 27.5 Å². The SMILES string of the molecule is CC(C)(C)S(=O)NC1(c2ccc(Br)cc2)CN(C(=O)OCc2ccccc2)C1.Cc1cscn1.Cc1ncsc1-c1ccc(C2(NS(=O)C(C)(C)C)CN(C(=O)OCc3ccccc3)C2)cc1. The van der Waals surface area contributed by atoms with Crippen molar-refractivity contribution in [3.8, 4) is 10.4 Å². The van der Waals surface area contributed by atoms with Gasteiger partial charge in [0.25, 0.3) is 0 Å². The monoisotopic (exact) mass is 1050 g/mol. The van der Waals surface area contributed by atoms with Gasteiger partial charge in [-0.2, -0.15) is 0 Å². The highest BCUT2D eigenvalue weighted by atomic mass is 79.9. The molecule has 4 heterocycles. The predicted octanol–water partition coefficient (Wildman–Crippen LogP) is 10.8. The molecular formula is C50H59BrN6O6S4. The first-order valence-electron chi connectivity index (χ1n) is 21.7. The van der Waals surface area contributed by atoms with Crippen molar-refractivity contribution in [3.63, 3.8) is 0 Å². The van der Waals surface area contributed by atoms with Gasteiger partial charge in [-0.3, -0.25) is 4.98 Å². The van der Waals surface area contributed by atoms with Crippen molar-refractivity contribution in [2.75, 3.05) is 26.2 Å². The van der Waals surface area contributed by atoms with Crippen LogP contribution in [0.1, 0.15) is 75.2 Å². The Morgan fingerprint density at radius 1 is 0.657 bits per heavy atom. The zero-order chi connectivity index (χ0) is 48.4. The molecular weight excluding hydrogens is 989 g/mol. The van der Waals surface area contributed by atoms with E-state index in [0.29, 0.717) is 26.2 Å². The van der Waals surface area contributed by atoms with E-state index < -0.39 is 42.5 Å².